The third-order valence-corrected chi connectivity index (χ3v) is 7.79. The molecule has 0 fully saturated rings. The fourth-order valence-electron chi connectivity index (χ4n) is 3.82. The molecule has 0 heterocycles. The number of ketones is 1. The van der Waals surface area contributed by atoms with Gasteiger partial charge in [-0.25, -0.2) is 8.42 Å². The van der Waals surface area contributed by atoms with Crippen molar-refractivity contribution < 1.29 is 37.4 Å². The first-order valence-electron chi connectivity index (χ1n) is 12.8. The number of carboxylic acids is 1. The zero-order chi connectivity index (χ0) is 29.5. The van der Waals surface area contributed by atoms with Crippen molar-refractivity contribution in [1.29, 1.82) is 0 Å². The highest BCUT2D eigenvalue weighted by molar-refractivity contribution is 7.91. The molecule has 1 amide bonds. The summed E-state index contributed by atoms with van der Waals surface area (Å²) in [5.41, 5.74) is 1.02. The van der Waals surface area contributed by atoms with Gasteiger partial charge in [-0.15, -0.1) is 0 Å². The largest absolute Gasteiger partial charge is 0.481 e. The van der Waals surface area contributed by atoms with E-state index >= 15 is 0 Å². The second-order valence-electron chi connectivity index (χ2n) is 9.36. The molecule has 40 heavy (non-hydrogen) atoms. The number of sulfone groups is 1. The first-order valence-corrected chi connectivity index (χ1v) is 14.7. The summed E-state index contributed by atoms with van der Waals surface area (Å²) in [4.78, 5) is 46.1. The van der Waals surface area contributed by atoms with Crippen molar-refractivity contribution in [2.45, 2.75) is 39.2 Å². The van der Waals surface area contributed by atoms with Gasteiger partial charge in [0.15, 0.2) is 22.2 Å². The van der Waals surface area contributed by atoms with Gasteiger partial charge in [-0.1, -0.05) is 85.8 Å². The Hall–Kier alpha value is -4.05. The van der Waals surface area contributed by atoms with Crippen molar-refractivity contribution in [2.75, 3.05) is 18.1 Å². The van der Waals surface area contributed by atoms with E-state index in [2.05, 4.69) is 58.6 Å². The van der Waals surface area contributed by atoms with Crippen LogP contribution in [0.25, 0.3) is 10.8 Å². The molecule has 0 spiro atoms. The van der Waals surface area contributed by atoms with Crippen LogP contribution >= 0.6 is 0 Å². The van der Waals surface area contributed by atoms with Crippen molar-refractivity contribution in [3.05, 3.63) is 84.4 Å². The third kappa shape index (κ3) is 12.2. The molecule has 0 saturated heterocycles. The van der Waals surface area contributed by atoms with Crippen molar-refractivity contribution in [2.24, 2.45) is 5.92 Å². The normalized spacial score (nSPS) is 12.3. The topological polar surface area (TPSA) is 144 Å². The number of aryl methyl sites for hydroxylation is 1. The number of rotatable bonds is 13. The molecule has 0 saturated carbocycles. The fourth-order valence-corrected chi connectivity index (χ4v) is 5.49. The van der Waals surface area contributed by atoms with Gasteiger partial charge < -0.3 is 15.2 Å². The van der Waals surface area contributed by atoms with Crippen LogP contribution in [-0.4, -0.2) is 61.3 Å². The number of aliphatic carboxylic acids is 1. The van der Waals surface area contributed by atoms with Gasteiger partial charge in [0, 0.05) is 12.8 Å². The number of Topliss-reactive ketones (excluding diaryl/α,β-unsaturated/α-hetero) is 1. The quantitative estimate of drug-likeness (QED) is 0.297. The molecule has 0 aromatic heterocycles. The molecule has 0 aliphatic heterocycles. The summed E-state index contributed by atoms with van der Waals surface area (Å²) < 4.78 is 29.2. The molecule has 3 rings (SSSR count). The Morgan fingerprint density at radius 2 is 1.40 bits per heavy atom. The van der Waals surface area contributed by atoms with E-state index in [9.17, 15) is 27.6 Å². The summed E-state index contributed by atoms with van der Waals surface area (Å²) >= 11 is 0. The number of carbonyl (C=O) groups excluding carboxylic acids is 3. The lowest BCUT2D eigenvalue weighted by Crippen LogP contribution is -2.47. The minimum atomic E-state index is -3.53. The van der Waals surface area contributed by atoms with E-state index in [1.54, 1.807) is 0 Å². The average molecular weight is 570 g/mol. The maximum Gasteiger partial charge on any atom is 0.305 e. The van der Waals surface area contributed by atoms with Crippen LogP contribution in [-0.2, 0) is 40.2 Å². The molecular weight excluding hydrogens is 534 g/mol. The predicted octanol–water partition coefficient (Wildman–Crippen LogP) is 3.60. The highest BCUT2D eigenvalue weighted by Gasteiger charge is 2.28. The summed E-state index contributed by atoms with van der Waals surface area (Å²) in [7, 11) is -3.53. The highest BCUT2D eigenvalue weighted by atomic mass is 32.2. The minimum absolute atomic E-state index is 0.0938. The molecular formula is C30H35NO8S. The van der Waals surface area contributed by atoms with E-state index in [1.807, 2.05) is 30.3 Å². The molecule has 3 aromatic rings. The smallest absolute Gasteiger partial charge is 0.305 e. The Morgan fingerprint density at radius 3 is 1.90 bits per heavy atom. The Labute approximate surface area is 234 Å². The van der Waals surface area contributed by atoms with E-state index in [0.29, 0.717) is 12.8 Å². The first kappa shape index (κ1) is 32.2. The molecule has 0 aliphatic carbocycles. The second kappa shape index (κ2) is 16.1. The van der Waals surface area contributed by atoms with E-state index < -0.39 is 64.2 Å². The van der Waals surface area contributed by atoms with Gasteiger partial charge in [0.2, 0.25) is 5.91 Å². The molecule has 2 atom stereocenters. The second-order valence-corrected chi connectivity index (χ2v) is 11.6. The van der Waals surface area contributed by atoms with Gasteiger partial charge in [-0.3, -0.25) is 19.2 Å². The number of carbonyl (C=O) groups is 4. The van der Waals surface area contributed by atoms with Crippen molar-refractivity contribution >= 4 is 44.2 Å². The van der Waals surface area contributed by atoms with Crippen LogP contribution in [0, 0.1) is 5.92 Å². The predicted molar refractivity (Wildman–Crippen MR) is 152 cm³/mol. The number of benzene rings is 3. The summed E-state index contributed by atoms with van der Waals surface area (Å²) in [6.45, 7) is 1.79. The molecule has 0 bridgehead atoms. The average Bonchev–Trinajstić information content (AvgIpc) is 2.91. The fraction of sp³-hybridized carbons (Fsp3) is 0.333. The van der Waals surface area contributed by atoms with Gasteiger partial charge in [0.1, 0.15) is 6.04 Å². The van der Waals surface area contributed by atoms with Crippen LogP contribution < -0.4 is 5.32 Å². The van der Waals surface area contributed by atoms with Gasteiger partial charge in [0.25, 0.3) is 0 Å². The Balaban J connectivity index is 0.000000460. The molecule has 2 unspecified atom stereocenters. The maximum atomic E-state index is 12.3. The number of ether oxygens (including phenoxy) is 1. The minimum Gasteiger partial charge on any atom is -0.481 e. The molecule has 0 radical (unpaired) electrons. The van der Waals surface area contributed by atoms with E-state index in [4.69, 9.17) is 5.11 Å². The van der Waals surface area contributed by atoms with Crippen molar-refractivity contribution in [1.82, 2.24) is 5.32 Å². The number of carboxylic acid groups (broad SMARTS) is 1. The Bertz CT molecular complexity index is 1320. The monoisotopic (exact) mass is 569 g/mol. The number of esters is 1. The van der Waals surface area contributed by atoms with Crippen LogP contribution in [0.3, 0.4) is 0 Å². The zero-order valence-corrected chi connectivity index (χ0v) is 23.4. The Morgan fingerprint density at radius 1 is 0.875 bits per heavy atom. The molecule has 214 valence electrons. The number of amides is 1. The van der Waals surface area contributed by atoms with Gasteiger partial charge >= 0.3 is 11.9 Å². The van der Waals surface area contributed by atoms with Crippen LogP contribution in [0.1, 0.15) is 32.3 Å². The van der Waals surface area contributed by atoms with Crippen molar-refractivity contribution in [3.63, 3.8) is 0 Å². The summed E-state index contributed by atoms with van der Waals surface area (Å²) in [5, 5.41) is 13.8. The molecule has 3 aromatic carbocycles. The van der Waals surface area contributed by atoms with Crippen LogP contribution in [0.4, 0.5) is 0 Å². The number of nitrogens with one attached hydrogen (secondary N) is 1. The zero-order valence-electron chi connectivity index (χ0n) is 22.6. The first-order chi connectivity index (χ1) is 19.0. The third-order valence-electron chi connectivity index (χ3n) is 5.88. The van der Waals surface area contributed by atoms with Crippen LogP contribution in [0.5, 0.6) is 0 Å². The lowest BCUT2D eigenvalue weighted by Gasteiger charge is -2.19. The summed E-state index contributed by atoms with van der Waals surface area (Å²) in [6, 6.07) is 24.7. The van der Waals surface area contributed by atoms with Gasteiger partial charge in [-0.05, 0) is 29.2 Å². The SMILES string of the molecule is CC(=O)OCC(=O)C(CC(=O)O)NC(=O)C(C)CS(=O)(=O)CCCc1ccccc1.c1ccc2ccccc2c1. The molecule has 2 N–H and O–H groups in total. The van der Waals surface area contributed by atoms with Gasteiger partial charge in [-0.2, -0.15) is 0 Å². The summed E-state index contributed by atoms with van der Waals surface area (Å²) in [5.74, 6) is -5.11. The van der Waals surface area contributed by atoms with E-state index in [1.165, 1.54) is 17.7 Å². The maximum absolute atomic E-state index is 12.3. The molecule has 0 aliphatic rings. The number of hydrogen-bond acceptors (Lipinski definition) is 7. The lowest BCUT2D eigenvalue weighted by atomic mass is 10.1. The van der Waals surface area contributed by atoms with E-state index in [-0.39, 0.29) is 5.75 Å². The summed E-state index contributed by atoms with van der Waals surface area (Å²) in [6.07, 6.45) is 0.289. The standard InChI is InChI=1S/C20H27NO8S.C10H8/c1-14(13-30(27,28)10-6-9-16-7-4-3-5-8-16)20(26)21-17(11-19(24)25)18(23)12-29-15(2)22;1-2-6-10-8-4-3-7-9(10)5-1/h3-5,7-8,14,17H,6,9-13H2,1-2H3,(H,21,26)(H,24,25);1-8H. The Kier molecular flexibility index (Phi) is 13.0. The highest BCUT2D eigenvalue weighted by Crippen LogP contribution is 2.11. The molecule has 10 heteroatoms. The van der Waals surface area contributed by atoms with Crippen LogP contribution in [0.15, 0.2) is 78.9 Å². The van der Waals surface area contributed by atoms with E-state index in [0.717, 1.165) is 12.5 Å². The molecule has 9 nitrogen and oxygen atoms in total. The lowest BCUT2D eigenvalue weighted by molar-refractivity contribution is -0.147. The van der Waals surface area contributed by atoms with Gasteiger partial charge in [0.05, 0.1) is 17.9 Å². The number of hydrogen-bond donors (Lipinski definition) is 2. The number of fused-ring (bicyclic) bond motifs is 1. The van der Waals surface area contributed by atoms with Crippen molar-refractivity contribution in [3.8, 4) is 0 Å². The van der Waals surface area contributed by atoms with Crippen LogP contribution in [0.2, 0.25) is 0 Å².